The Kier molecular flexibility index (Phi) is 1.70. The van der Waals surface area contributed by atoms with E-state index in [2.05, 4.69) is 11.4 Å². The molecule has 1 heterocycles. The van der Waals surface area contributed by atoms with Crippen molar-refractivity contribution in [1.29, 1.82) is 0 Å². The van der Waals surface area contributed by atoms with Crippen molar-refractivity contribution in [3.05, 3.63) is 35.4 Å². The van der Waals surface area contributed by atoms with E-state index in [1.54, 1.807) is 6.92 Å². The summed E-state index contributed by atoms with van der Waals surface area (Å²) >= 11 is 0. The van der Waals surface area contributed by atoms with Gasteiger partial charge in [0.2, 0.25) is 0 Å². The van der Waals surface area contributed by atoms with Gasteiger partial charge in [-0.15, -0.1) is 0 Å². The van der Waals surface area contributed by atoms with Gasteiger partial charge in [-0.3, -0.25) is 10.1 Å². The molecule has 0 radical (unpaired) electrons. The fraction of sp³-hybridized carbons (Fsp3) is 0.300. The number of rotatable bonds is 1. The third kappa shape index (κ3) is 1.04. The van der Waals surface area contributed by atoms with Gasteiger partial charge in [0.1, 0.15) is 0 Å². The summed E-state index contributed by atoms with van der Waals surface area (Å²) in [6, 6.07) is 7.98. The van der Waals surface area contributed by atoms with E-state index in [0.717, 1.165) is 12.1 Å². The molecule has 0 bridgehead atoms. The van der Waals surface area contributed by atoms with Crippen molar-refractivity contribution in [1.82, 2.24) is 5.32 Å². The summed E-state index contributed by atoms with van der Waals surface area (Å²) in [5.74, 6) is 0.194. The van der Waals surface area contributed by atoms with Crippen molar-refractivity contribution in [2.45, 2.75) is 19.5 Å². The number of fused-ring (bicyclic) bond motifs is 1. The molecule has 0 amide bonds. The van der Waals surface area contributed by atoms with E-state index in [4.69, 9.17) is 0 Å². The van der Waals surface area contributed by atoms with Crippen molar-refractivity contribution in [3.8, 4) is 0 Å². The maximum atomic E-state index is 11.1. The molecular formula is C10H11NO. The topological polar surface area (TPSA) is 29.1 Å². The van der Waals surface area contributed by atoms with E-state index in [1.165, 1.54) is 5.56 Å². The van der Waals surface area contributed by atoms with Crippen LogP contribution in [-0.2, 0) is 11.3 Å². The normalized spacial score (nSPS) is 20.6. The molecule has 1 unspecified atom stereocenters. The fourth-order valence-corrected chi connectivity index (χ4v) is 1.66. The van der Waals surface area contributed by atoms with Crippen LogP contribution >= 0.6 is 0 Å². The minimum absolute atomic E-state index is 0.0683. The Labute approximate surface area is 71.6 Å². The summed E-state index contributed by atoms with van der Waals surface area (Å²) < 4.78 is 0. The first-order chi connectivity index (χ1) is 5.79. The zero-order valence-electron chi connectivity index (χ0n) is 7.00. The summed E-state index contributed by atoms with van der Waals surface area (Å²) in [4.78, 5) is 11.1. The number of nitrogens with one attached hydrogen (secondary N) is 1. The zero-order valence-corrected chi connectivity index (χ0v) is 7.00. The number of hydrogen-bond donors (Lipinski definition) is 1. The summed E-state index contributed by atoms with van der Waals surface area (Å²) in [5, 5.41) is 3.17. The lowest BCUT2D eigenvalue weighted by molar-refractivity contribution is -0.118. The molecule has 0 spiro atoms. The van der Waals surface area contributed by atoms with E-state index >= 15 is 0 Å². The Balaban J connectivity index is 2.42. The van der Waals surface area contributed by atoms with E-state index in [1.807, 2.05) is 18.2 Å². The van der Waals surface area contributed by atoms with Gasteiger partial charge < -0.3 is 0 Å². The highest BCUT2D eigenvalue weighted by molar-refractivity contribution is 5.84. The quantitative estimate of drug-likeness (QED) is 0.675. The van der Waals surface area contributed by atoms with Gasteiger partial charge in [0, 0.05) is 6.54 Å². The van der Waals surface area contributed by atoms with Crippen molar-refractivity contribution >= 4 is 5.78 Å². The Morgan fingerprint density at radius 2 is 2.25 bits per heavy atom. The van der Waals surface area contributed by atoms with Crippen molar-refractivity contribution in [2.24, 2.45) is 0 Å². The van der Waals surface area contributed by atoms with Crippen LogP contribution in [0.5, 0.6) is 0 Å². The highest BCUT2D eigenvalue weighted by atomic mass is 16.1. The number of carbonyl (C=O) groups is 1. The summed E-state index contributed by atoms with van der Waals surface area (Å²) in [7, 11) is 0. The molecular weight excluding hydrogens is 150 g/mol. The predicted octanol–water partition coefficient (Wildman–Crippen LogP) is 1.42. The van der Waals surface area contributed by atoms with E-state index in [9.17, 15) is 4.79 Å². The molecule has 1 aliphatic heterocycles. The molecule has 2 rings (SSSR count). The Morgan fingerprint density at radius 3 is 3.00 bits per heavy atom. The maximum Gasteiger partial charge on any atom is 0.151 e. The SMILES string of the molecule is CC(=O)C1NCc2ccccc21. The summed E-state index contributed by atoms with van der Waals surface area (Å²) in [5.41, 5.74) is 2.39. The van der Waals surface area contributed by atoms with Gasteiger partial charge in [-0.05, 0) is 18.1 Å². The van der Waals surface area contributed by atoms with Gasteiger partial charge >= 0.3 is 0 Å². The lowest BCUT2D eigenvalue weighted by Gasteiger charge is -2.06. The van der Waals surface area contributed by atoms with Gasteiger partial charge in [-0.25, -0.2) is 0 Å². The summed E-state index contributed by atoms with van der Waals surface area (Å²) in [6.07, 6.45) is 0. The molecule has 0 aromatic heterocycles. The number of ketones is 1. The minimum atomic E-state index is -0.0683. The van der Waals surface area contributed by atoms with Crippen LogP contribution in [0, 0.1) is 0 Å². The Morgan fingerprint density at radius 1 is 1.50 bits per heavy atom. The molecule has 0 aliphatic carbocycles. The Hall–Kier alpha value is -1.15. The second kappa shape index (κ2) is 2.72. The van der Waals surface area contributed by atoms with Crippen LogP contribution in [0.2, 0.25) is 0 Å². The van der Waals surface area contributed by atoms with Crippen molar-refractivity contribution < 1.29 is 4.79 Å². The second-order valence-corrected chi connectivity index (χ2v) is 3.12. The smallest absolute Gasteiger partial charge is 0.151 e. The number of benzene rings is 1. The third-order valence-corrected chi connectivity index (χ3v) is 2.27. The molecule has 0 fully saturated rings. The molecule has 1 aromatic carbocycles. The second-order valence-electron chi connectivity index (χ2n) is 3.12. The number of carbonyl (C=O) groups excluding carboxylic acids is 1. The van der Waals surface area contributed by atoms with Crippen molar-refractivity contribution in [3.63, 3.8) is 0 Å². The lowest BCUT2D eigenvalue weighted by Crippen LogP contribution is -2.19. The molecule has 2 nitrogen and oxygen atoms in total. The first kappa shape index (κ1) is 7.50. The standard InChI is InChI=1S/C10H11NO/c1-7(12)10-9-5-3-2-4-8(9)6-11-10/h2-5,10-11H,6H2,1H3. The summed E-state index contributed by atoms with van der Waals surface area (Å²) in [6.45, 7) is 2.44. The molecule has 12 heavy (non-hydrogen) atoms. The predicted molar refractivity (Wildman–Crippen MR) is 46.7 cm³/mol. The largest absolute Gasteiger partial charge is 0.300 e. The molecule has 2 heteroatoms. The highest BCUT2D eigenvalue weighted by Crippen LogP contribution is 2.24. The van der Waals surface area contributed by atoms with E-state index in [-0.39, 0.29) is 11.8 Å². The van der Waals surface area contributed by atoms with Gasteiger partial charge in [-0.1, -0.05) is 24.3 Å². The number of Topliss-reactive ketones (excluding diaryl/α,β-unsaturated/α-hetero) is 1. The van der Waals surface area contributed by atoms with Crippen LogP contribution in [0.15, 0.2) is 24.3 Å². The van der Waals surface area contributed by atoms with E-state index < -0.39 is 0 Å². The molecule has 1 aliphatic rings. The first-order valence-corrected chi connectivity index (χ1v) is 4.10. The number of hydrogen-bond acceptors (Lipinski definition) is 2. The minimum Gasteiger partial charge on any atom is -0.300 e. The molecule has 0 saturated heterocycles. The van der Waals surface area contributed by atoms with Crippen LogP contribution in [0.25, 0.3) is 0 Å². The molecule has 62 valence electrons. The van der Waals surface area contributed by atoms with Gasteiger partial charge in [-0.2, -0.15) is 0 Å². The fourth-order valence-electron chi connectivity index (χ4n) is 1.66. The van der Waals surface area contributed by atoms with Gasteiger partial charge in [0.05, 0.1) is 6.04 Å². The molecule has 0 saturated carbocycles. The van der Waals surface area contributed by atoms with Crippen LogP contribution < -0.4 is 5.32 Å². The van der Waals surface area contributed by atoms with Crippen LogP contribution in [0.1, 0.15) is 24.1 Å². The van der Waals surface area contributed by atoms with Gasteiger partial charge in [0.15, 0.2) is 5.78 Å². The van der Waals surface area contributed by atoms with Gasteiger partial charge in [0.25, 0.3) is 0 Å². The lowest BCUT2D eigenvalue weighted by atomic mass is 10.0. The van der Waals surface area contributed by atoms with E-state index in [0.29, 0.717) is 0 Å². The Bertz CT molecular complexity index is 319. The maximum absolute atomic E-state index is 11.1. The molecule has 1 N–H and O–H groups in total. The zero-order chi connectivity index (χ0) is 8.55. The highest BCUT2D eigenvalue weighted by Gasteiger charge is 2.24. The third-order valence-electron chi connectivity index (χ3n) is 2.27. The van der Waals surface area contributed by atoms with Crippen LogP contribution in [0.3, 0.4) is 0 Å². The first-order valence-electron chi connectivity index (χ1n) is 4.10. The van der Waals surface area contributed by atoms with Crippen LogP contribution in [-0.4, -0.2) is 5.78 Å². The van der Waals surface area contributed by atoms with Crippen molar-refractivity contribution in [2.75, 3.05) is 0 Å². The monoisotopic (exact) mass is 161 g/mol. The molecule has 1 aromatic rings. The average molecular weight is 161 g/mol. The van der Waals surface area contributed by atoms with Crippen LogP contribution in [0.4, 0.5) is 0 Å². The average Bonchev–Trinajstić information content (AvgIpc) is 2.47. The molecule has 1 atom stereocenters.